The minimum absolute atomic E-state index is 0.322. The van der Waals surface area contributed by atoms with E-state index in [1.807, 2.05) is 30.3 Å². The van der Waals surface area contributed by atoms with Crippen molar-refractivity contribution in [1.29, 1.82) is 0 Å². The summed E-state index contributed by atoms with van der Waals surface area (Å²) in [6.07, 6.45) is -0.322. The van der Waals surface area contributed by atoms with Crippen molar-refractivity contribution < 1.29 is 24.6 Å². The molecular formula is C15H20N2O5S. The highest BCUT2D eigenvalue weighted by atomic mass is 32.2. The summed E-state index contributed by atoms with van der Waals surface area (Å²) < 4.78 is 0. The Balaban J connectivity index is 3.07. The Kier molecular flexibility index (Phi) is 6.59. The Labute approximate surface area is 138 Å². The second-order valence-electron chi connectivity index (χ2n) is 5.25. The first-order valence-electron chi connectivity index (χ1n) is 6.88. The fourth-order valence-electron chi connectivity index (χ4n) is 2.13. The van der Waals surface area contributed by atoms with Crippen LogP contribution in [0.1, 0.15) is 18.9 Å². The van der Waals surface area contributed by atoms with Gasteiger partial charge in [-0.15, -0.1) is 0 Å². The van der Waals surface area contributed by atoms with Crippen molar-refractivity contribution in [1.82, 2.24) is 0 Å². The topological polar surface area (TPSA) is 144 Å². The summed E-state index contributed by atoms with van der Waals surface area (Å²) in [4.78, 5) is 34.2. The van der Waals surface area contributed by atoms with Crippen molar-refractivity contribution in [2.45, 2.75) is 29.9 Å². The van der Waals surface area contributed by atoms with E-state index in [4.69, 9.17) is 16.6 Å². The maximum Gasteiger partial charge on any atom is 0.325 e. The molecule has 1 aromatic carbocycles. The molecule has 2 unspecified atom stereocenters. The second-order valence-corrected chi connectivity index (χ2v) is 6.44. The molecule has 0 aliphatic rings. The van der Waals surface area contributed by atoms with E-state index >= 15 is 0 Å². The predicted octanol–water partition coefficient (Wildman–Crippen LogP) is 0.667. The number of carbonyl (C=O) groups excluding carboxylic acids is 1. The summed E-state index contributed by atoms with van der Waals surface area (Å²) in [7, 11) is 0. The van der Waals surface area contributed by atoms with E-state index in [0.717, 1.165) is 17.3 Å². The van der Waals surface area contributed by atoms with Crippen molar-refractivity contribution >= 4 is 29.6 Å². The van der Waals surface area contributed by atoms with Gasteiger partial charge >= 0.3 is 11.9 Å². The van der Waals surface area contributed by atoms with E-state index in [1.54, 1.807) is 0 Å². The number of carboxylic acid groups (broad SMARTS) is 2. The number of carboxylic acids is 2. The molecule has 23 heavy (non-hydrogen) atoms. The Morgan fingerprint density at radius 2 is 1.78 bits per heavy atom. The Morgan fingerprint density at radius 1 is 1.22 bits per heavy atom. The zero-order chi connectivity index (χ0) is 17.6. The highest BCUT2D eigenvalue weighted by Crippen LogP contribution is 2.33. The summed E-state index contributed by atoms with van der Waals surface area (Å²) >= 11 is 1.11. The van der Waals surface area contributed by atoms with Crippen LogP contribution in [0.25, 0.3) is 0 Å². The molecule has 0 bridgehead atoms. The lowest BCUT2D eigenvalue weighted by molar-refractivity contribution is -0.155. The summed E-state index contributed by atoms with van der Waals surface area (Å²) in [6, 6.07) is 9.17. The summed E-state index contributed by atoms with van der Waals surface area (Å²) in [5.41, 5.74) is 9.91. The lowest BCUT2D eigenvalue weighted by Gasteiger charge is -2.35. The summed E-state index contributed by atoms with van der Waals surface area (Å²) in [6.45, 7) is 1.22. The van der Waals surface area contributed by atoms with Gasteiger partial charge in [0.2, 0.25) is 5.91 Å². The fraction of sp³-hybridized carbons (Fsp3) is 0.400. The van der Waals surface area contributed by atoms with Crippen LogP contribution in [0.4, 0.5) is 0 Å². The van der Waals surface area contributed by atoms with Crippen LogP contribution in [-0.4, -0.2) is 38.8 Å². The van der Waals surface area contributed by atoms with Crippen LogP contribution in [0.3, 0.4) is 0 Å². The molecule has 3 atom stereocenters. The third-order valence-electron chi connectivity index (χ3n) is 3.67. The van der Waals surface area contributed by atoms with E-state index in [-0.39, 0.29) is 6.42 Å². The molecule has 0 aliphatic heterocycles. The number of rotatable bonds is 9. The number of carbonyl (C=O) groups is 3. The molecule has 0 saturated heterocycles. The van der Waals surface area contributed by atoms with Crippen LogP contribution in [0.15, 0.2) is 30.3 Å². The first kappa shape index (κ1) is 19.0. The summed E-state index contributed by atoms with van der Waals surface area (Å²) in [5, 5.41) is 17.7. The fourth-order valence-corrected chi connectivity index (χ4v) is 3.57. The number of benzene rings is 1. The van der Waals surface area contributed by atoms with Crippen LogP contribution in [-0.2, 0) is 20.1 Å². The van der Waals surface area contributed by atoms with Crippen LogP contribution in [0.2, 0.25) is 0 Å². The molecule has 0 aromatic heterocycles. The van der Waals surface area contributed by atoms with Gasteiger partial charge in [0.1, 0.15) is 5.54 Å². The average molecular weight is 340 g/mol. The monoisotopic (exact) mass is 340 g/mol. The third-order valence-corrected chi connectivity index (χ3v) is 5.13. The molecule has 0 aliphatic carbocycles. The zero-order valence-electron chi connectivity index (χ0n) is 12.6. The van der Waals surface area contributed by atoms with E-state index < -0.39 is 34.6 Å². The maximum atomic E-state index is 11.6. The first-order chi connectivity index (χ1) is 10.7. The lowest BCUT2D eigenvalue weighted by atomic mass is 9.81. The molecular weight excluding hydrogens is 320 g/mol. The van der Waals surface area contributed by atoms with Gasteiger partial charge in [0.15, 0.2) is 0 Å². The number of thioether (sulfide) groups is 1. The maximum absolute atomic E-state index is 11.6. The van der Waals surface area contributed by atoms with Gasteiger partial charge in [-0.1, -0.05) is 30.3 Å². The molecule has 0 saturated carbocycles. The van der Waals surface area contributed by atoms with Crippen LogP contribution in [0, 0.1) is 5.92 Å². The molecule has 7 nitrogen and oxygen atoms in total. The van der Waals surface area contributed by atoms with Gasteiger partial charge in [-0.05, 0) is 12.5 Å². The van der Waals surface area contributed by atoms with Gasteiger partial charge in [-0.3, -0.25) is 14.4 Å². The van der Waals surface area contributed by atoms with Crippen LogP contribution in [0.5, 0.6) is 0 Å². The number of primary amides is 1. The standard InChI is InChI=1S/C15H20N2O5S/c1-9(13(19)20)15(17,14(21)22)11(7-12(16)18)23-8-10-5-3-2-4-6-10/h2-6,9,11H,7-8,17H2,1H3,(H2,16,18)(H,19,20)(H,21,22)/t9?,11?,15-/m0/s1. The SMILES string of the molecule is CC(C(=O)O)[C@@](N)(C(=O)O)C(CC(N)=O)SCc1ccccc1. The Morgan fingerprint density at radius 3 is 2.22 bits per heavy atom. The smallest absolute Gasteiger partial charge is 0.325 e. The van der Waals surface area contributed by atoms with Gasteiger partial charge in [0.05, 0.1) is 5.92 Å². The number of hydrogen-bond donors (Lipinski definition) is 4. The van der Waals surface area contributed by atoms with E-state index in [9.17, 15) is 19.5 Å². The van der Waals surface area contributed by atoms with Crippen molar-refractivity contribution in [3.63, 3.8) is 0 Å². The number of amides is 1. The van der Waals surface area contributed by atoms with E-state index in [2.05, 4.69) is 0 Å². The minimum atomic E-state index is -2.11. The molecule has 1 rings (SSSR count). The van der Waals surface area contributed by atoms with E-state index in [0.29, 0.717) is 5.75 Å². The molecule has 6 N–H and O–H groups in total. The van der Waals surface area contributed by atoms with Crippen molar-refractivity contribution in [2.24, 2.45) is 17.4 Å². The van der Waals surface area contributed by atoms with Gasteiger partial charge in [0, 0.05) is 17.4 Å². The molecule has 0 heterocycles. The number of nitrogens with two attached hydrogens (primary N) is 2. The highest BCUT2D eigenvalue weighted by Gasteiger charge is 2.50. The largest absolute Gasteiger partial charge is 0.481 e. The molecule has 0 fully saturated rings. The van der Waals surface area contributed by atoms with Crippen LogP contribution >= 0.6 is 11.8 Å². The number of aliphatic carboxylic acids is 2. The Bertz CT molecular complexity index is 580. The van der Waals surface area contributed by atoms with Crippen molar-refractivity contribution in [2.75, 3.05) is 0 Å². The quantitative estimate of drug-likeness (QED) is 0.517. The average Bonchev–Trinajstić information content (AvgIpc) is 2.50. The molecule has 1 aromatic rings. The molecule has 0 spiro atoms. The van der Waals surface area contributed by atoms with E-state index in [1.165, 1.54) is 6.92 Å². The van der Waals surface area contributed by atoms with Gasteiger partial charge < -0.3 is 21.7 Å². The third kappa shape index (κ3) is 4.70. The van der Waals surface area contributed by atoms with Gasteiger partial charge in [0.25, 0.3) is 0 Å². The highest BCUT2D eigenvalue weighted by molar-refractivity contribution is 7.99. The zero-order valence-corrected chi connectivity index (χ0v) is 13.5. The van der Waals surface area contributed by atoms with Gasteiger partial charge in [-0.25, -0.2) is 0 Å². The molecule has 126 valence electrons. The molecule has 1 amide bonds. The number of hydrogen-bond acceptors (Lipinski definition) is 5. The van der Waals surface area contributed by atoms with Crippen molar-refractivity contribution in [3.8, 4) is 0 Å². The lowest BCUT2D eigenvalue weighted by Crippen LogP contribution is -2.63. The Hall–Kier alpha value is -2.06. The van der Waals surface area contributed by atoms with Crippen LogP contribution < -0.4 is 11.5 Å². The summed E-state index contributed by atoms with van der Waals surface area (Å²) in [5.74, 6) is -4.54. The molecule has 8 heteroatoms. The second kappa shape index (κ2) is 7.98. The minimum Gasteiger partial charge on any atom is -0.481 e. The predicted molar refractivity (Wildman–Crippen MR) is 86.7 cm³/mol. The van der Waals surface area contributed by atoms with Crippen molar-refractivity contribution in [3.05, 3.63) is 35.9 Å². The molecule has 0 radical (unpaired) electrons. The van der Waals surface area contributed by atoms with Gasteiger partial charge in [-0.2, -0.15) is 11.8 Å². The normalized spacial score (nSPS) is 16.1. The first-order valence-corrected chi connectivity index (χ1v) is 7.93.